The summed E-state index contributed by atoms with van der Waals surface area (Å²) in [6.45, 7) is 0. The van der Waals surface area contributed by atoms with E-state index in [4.69, 9.17) is 8.83 Å². The van der Waals surface area contributed by atoms with Gasteiger partial charge >= 0.3 is 0 Å². The number of hydrogen-bond acceptors (Lipinski definition) is 4. The molecule has 0 N–H and O–H groups in total. The molecule has 12 aromatic rings. The van der Waals surface area contributed by atoms with Gasteiger partial charge < -0.3 is 18.6 Å². The molecular formula is C61H38N2O2. The van der Waals surface area contributed by atoms with Gasteiger partial charge in [0.05, 0.1) is 16.8 Å². The highest BCUT2D eigenvalue weighted by Crippen LogP contribution is 2.66. The van der Waals surface area contributed by atoms with Gasteiger partial charge in [0.2, 0.25) is 0 Å². The fourth-order valence-corrected chi connectivity index (χ4v) is 11.3. The topological polar surface area (TPSA) is 32.8 Å². The summed E-state index contributed by atoms with van der Waals surface area (Å²) in [6.07, 6.45) is 0. The van der Waals surface area contributed by atoms with Crippen LogP contribution in [0, 0.1) is 0 Å². The molecule has 304 valence electrons. The first-order chi connectivity index (χ1) is 32.3. The molecule has 0 radical (unpaired) electrons. The van der Waals surface area contributed by atoms with E-state index < -0.39 is 5.41 Å². The summed E-state index contributed by atoms with van der Waals surface area (Å²) in [7, 11) is 0. The Morgan fingerprint density at radius 2 is 0.662 bits per heavy atom. The van der Waals surface area contributed by atoms with Gasteiger partial charge in [-0.15, -0.1) is 0 Å². The molecule has 2 aromatic heterocycles. The molecule has 0 saturated heterocycles. The van der Waals surface area contributed by atoms with Crippen LogP contribution in [0.3, 0.4) is 0 Å². The van der Waals surface area contributed by atoms with E-state index in [-0.39, 0.29) is 0 Å². The lowest BCUT2D eigenvalue weighted by Crippen LogP contribution is -2.26. The molecule has 0 aliphatic heterocycles. The van der Waals surface area contributed by atoms with Gasteiger partial charge in [-0.25, -0.2) is 0 Å². The van der Waals surface area contributed by atoms with Crippen molar-refractivity contribution in [2.45, 2.75) is 5.41 Å². The molecule has 65 heavy (non-hydrogen) atoms. The van der Waals surface area contributed by atoms with Crippen molar-refractivity contribution >= 4 is 78.0 Å². The Bertz CT molecular complexity index is 3610. The average Bonchev–Trinajstić information content (AvgIpc) is 4.10. The molecule has 2 aliphatic rings. The Balaban J connectivity index is 1.02. The maximum absolute atomic E-state index is 6.51. The largest absolute Gasteiger partial charge is 0.456 e. The fourth-order valence-electron chi connectivity index (χ4n) is 11.3. The Morgan fingerprint density at radius 1 is 0.277 bits per heavy atom. The number of furan rings is 2. The zero-order chi connectivity index (χ0) is 42.6. The van der Waals surface area contributed by atoms with E-state index in [2.05, 4.69) is 216 Å². The van der Waals surface area contributed by atoms with Gasteiger partial charge in [0.15, 0.2) is 0 Å². The van der Waals surface area contributed by atoms with Crippen molar-refractivity contribution < 1.29 is 8.83 Å². The van der Waals surface area contributed by atoms with Crippen molar-refractivity contribution in [2.24, 2.45) is 0 Å². The first kappa shape index (κ1) is 35.9. The molecule has 14 rings (SSSR count). The highest BCUT2D eigenvalue weighted by atomic mass is 16.3. The summed E-state index contributed by atoms with van der Waals surface area (Å²) < 4.78 is 13.0. The van der Waals surface area contributed by atoms with Gasteiger partial charge in [-0.1, -0.05) is 146 Å². The van der Waals surface area contributed by atoms with Crippen molar-refractivity contribution in [3.63, 3.8) is 0 Å². The Kier molecular flexibility index (Phi) is 7.57. The van der Waals surface area contributed by atoms with Crippen molar-refractivity contribution in [1.82, 2.24) is 0 Å². The Labute approximate surface area is 375 Å². The van der Waals surface area contributed by atoms with Gasteiger partial charge in [-0.2, -0.15) is 0 Å². The van der Waals surface area contributed by atoms with Gasteiger partial charge in [-0.3, -0.25) is 0 Å². The summed E-state index contributed by atoms with van der Waals surface area (Å²) in [6, 6.07) is 83.3. The third-order valence-corrected chi connectivity index (χ3v) is 13.8. The lowest BCUT2D eigenvalue weighted by Gasteiger charge is -2.32. The van der Waals surface area contributed by atoms with E-state index in [1.165, 1.54) is 44.5 Å². The molecule has 0 unspecified atom stereocenters. The lowest BCUT2D eigenvalue weighted by atomic mass is 9.70. The van der Waals surface area contributed by atoms with Crippen LogP contribution in [0.4, 0.5) is 34.1 Å². The molecule has 0 bridgehead atoms. The number of benzene rings is 10. The monoisotopic (exact) mass is 830 g/mol. The molecule has 0 saturated carbocycles. The Morgan fingerprint density at radius 3 is 1.14 bits per heavy atom. The predicted octanol–water partition coefficient (Wildman–Crippen LogP) is 16.8. The SMILES string of the molecule is c1ccc(N(c2ccc3c(c2)oc2ccccc23)c2cccc3c2-c2ccccc2C32c3ccccc3-c3c(N(c4ccccc4)c4ccc5c(c4)oc4ccccc45)cccc32)cc1. The second-order valence-corrected chi connectivity index (χ2v) is 17.1. The molecule has 4 nitrogen and oxygen atoms in total. The van der Waals surface area contributed by atoms with Crippen LogP contribution < -0.4 is 9.80 Å². The molecule has 2 heterocycles. The summed E-state index contributed by atoms with van der Waals surface area (Å²) in [5.41, 5.74) is 19.3. The molecule has 0 amide bonds. The number of hydrogen-bond donors (Lipinski definition) is 0. The van der Waals surface area contributed by atoms with Crippen LogP contribution in [0.25, 0.3) is 66.1 Å². The highest BCUT2D eigenvalue weighted by molar-refractivity contribution is 6.09. The standard InChI is InChI=1S/C61H38N2O2/c1-3-17-39(18-4-1)62(41-33-35-45-43-21-9-13-31-55(43)64-57(45)37-41)53-29-15-27-51-59(53)47-23-7-11-25-49(47)61(51)50-26-12-8-24-48(50)60-52(61)28-16-30-54(60)63(40-19-5-2-6-20-40)42-34-36-46-44-22-10-14-32-56(44)65-58(46)38-42/h1-38H. The lowest BCUT2D eigenvalue weighted by molar-refractivity contribution is 0.668. The number of anilines is 6. The second kappa shape index (κ2) is 13.7. The second-order valence-electron chi connectivity index (χ2n) is 17.1. The smallest absolute Gasteiger partial charge is 0.137 e. The normalized spacial score (nSPS) is 13.0. The van der Waals surface area contributed by atoms with Crippen LogP contribution in [-0.2, 0) is 5.41 Å². The fraction of sp³-hybridized carbons (Fsp3) is 0.0164. The van der Waals surface area contributed by atoms with Crippen LogP contribution in [-0.4, -0.2) is 0 Å². The zero-order valence-corrected chi connectivity index (χ0v) is 35.2. The van der Waals surface area contributed by atoms with E-state index in [1.54, 1.807) is 0 Å². The quantitative estimate of drug-likeness (QED) is 0.167. The van der Waals surface area contributed by atoms with Gasteiger partial charge in [0.1, 0.15) is 22.3 Å². The van der Waals surface area contributed by atoms with Crippen LogP contribution in [0.1, 0.15) is 22.3 Å². The van der Waals surface area contributed by atoms with Crippen molar-refractivity contribution in [3.8, 4) is 22.3 Å². The number of para-hydroxylation sites is 4. The molecular weight excluding hydrogens is 793 g/mol. The number of fused-ring (bicyclic) bond motifs is 16. The van der Waals surface area contributed by atoms with Gasteiger partial charge in [-0.05, 0) is 106 Å². The summed E-state index contributed by atoms with van der Waals surface area (Å²) >= 11 is 0. The molecule has 0 atom stereocenters. The number of nitrogens with zero attached hydrogens (tertiary/aromatic N) is 2. The van der Waals surface area contributed by atoms with E-state index in [9.17, 15) is 0 Å². The molecule has 10 aromatic carbocycles. The summed E-state index contributed by atoms with van der Waals surface area (Å²) in [5.74, 6) is 0. The van der Waals surface area contributed by atoms with Crippen molar-refractivity contribution in [3.05, 3.63) is 253 Å². The number of rotatable bonds is 6. The van der Waals surface area contributed by atoms with Crippen molar-refractivity contribution in [1.29, 1.82) is 0 Å². The average molecular weight is 831 g/mol. The molecule has 1 spiro atoms. The summed E-state index contributed by atoms with van der Waals surface area (Å²) in [4.78, 5) is 4.82. The minimum absolute atomic E-state index is 0.597. The maximum atomic E-state index is 6.51. The first-order valence-electron chi connectivity index (χ1n) is 22.3. The van der Waals surface area contributed by atoms with Crippen molar-refractivity contribution in [2.75, 3.05) is 9.80 Å². The van der Waals surface area contributed by atoms with Crippen LogP contribution >= 0.6 is 0 Å². The first-order valence-corrected chi connectivity index (χ1v) is 22.3. The molecule has 2 aliphatic carbocycles. The van der Waals surface area contributed by atoms with Gasteiger partial charge in [0, 0.05) is 67.6 Å². The Hall–Kier alpha value is -8.60. The minimum atomic E-state index is -0.597. The molecule has 4 heteroatoms. The zero-order valence-electron chi connectivity index (χ0n) is 35.2. The van der Waals surface area contributed by atoms with E-state index in [0.717, 1.165) is 78.0 Å². The van der Waals surface area contributed by atoms with Gasteiger partial charge in [0.25, 0.3) is 0 Å². The van der Waals surface area contributed by atoms with Crippen LogP contribution in [0.5, 0.6) is 0 Å². The predicted molar refractivity (Wildman–Crippen MR) is 267 cm³/mol. The van der Waals surface area contributed by atoms with E-state index in [0.29, 0.717) is 0 Å². The molecule has 0 fully saturated rings. The van der Waals surface area contributed by atoms with E-state index in [1.807, 2.05) is 24.3 Å². The van der Waals surface area contributed by atoms with Crippen LogP contribution in [0.2, 0.25) is 0 Å². The van der Waals surface area contributed by atoms with E-state index >= 15 is 0 Å². The maximum Gasteiger partial charge on any atom is 0.137 e. The van der Waals surface area contributed by atoms with Crippen LogP contribution in [0.15, 0.2) is 239 Å². The summed E-state index contributed by atoms with van der Waals surface area (Å²) in [5, 5.41) is 4.46. The highest BCUT2D eigenvalue weighted by Gasteiger charge is 2.53. The third-order valence-electron chi connectivity index (χ3n) is 13.8. The minimum Gasteiger partial charge on any atom is -0.456 e. The third kappa shape index (κ3) is 5.02.